The fourth-order valence-corrected chi connectivity index (χ4v) is 2.56. The third kappa shape index (κ3) is 8.47. The average Bonchev–Trinajstić information content (AvgIpc) is 3.21. The molecular weight excluding hydrogens is 416 g/mol. The zero-order valence-corrected chi connectivity index (χ0v) is 17.9. The number of benzene rings is 1. The molecule has 1 aromatic heterocycles. The number of hydrogen-bond donors (Lipinski definition) is 0. The summed E-state index contributed by atoms with van der Waals surface area (Å²) in [5, 5.41) is 6.82. The molecule has 1 aromatic carbocycles. The number of nitrogens with zero attached hydrogens (tertiary/aromatic N) is 2. The number of carbonyl (C=O) groups excluding carboxylic acids is 1. The number of rotatable bonds is 14. The van der Waals surface area contributed by atoms with Crippen molar-refractivity contribution in [2.75, 3.05) is 45.9 Å². The first-order chi connectivity index (χ1) is 14.4. The van der Waals surface area contributed by atoms with Crippen molar-refractivity contribution in [1.29, 1.82) is 0 Å². The second-order valence-corrected chi connectivity index (χ2v) is 8.15. The third-order valence-corrected chi connectivity index (χ3v) is 4.47. The van der Waals surface area contributed by atoms with E-state index in [1.54, 1.807) is 24.3 Å². The summed E-state index contributed by atoms with van der Waals surface area (Å²) in [6, 6.07) is 6.77. The second kappa shape index (κ2) is 12.3. The van der Waals surface area contributed by atoms with E-state index in [4.69, 9.17) is 23.4 Å². The molecule has 11 heteroatoms. The average molecular weight is 442 g/mol. The molecule has 0 saturated heterocycles. The van der Waals surface area contributed by atoms with Gasteiger partial charge >= 0.3 is 11.2 Å². The van der Waals surface area contributed by atoms with Gasteiger partial charge in [-0.2, -0.15) is 0 Å². The van der Waals surface area contributed by atoms with Gasteiger partial charge in [-0.05, 0) is 30.7 Å². The lowest BCUT2D eigenvalue weighted by atomic mass is 10.2. The van der Waals surface area contributed by atoms with Gasteiger partial charge in [0.25, 0.3) is 0 Å². The summed E-state index contributed by atoms with van der Waals surface area (Å²) in [7, 11) is -3.54. The van der Waals surface area contributed by atoms with Crippen LogP contribution in [0.3, 0.4) is 0 Å². The number of hydrogen-bond acceptors (Lipinski definition) is 10. The van der Waals surface area contributed by atoms with E-state index in [0.717, 1.165) is 19.1 Å². The topological polar surface area (TPSA) is 127 Å². The molecule has 2 aromatic rings. The SMILES string of the molecule is CCCCOC(=O)COCCOCCOc1ccc(-c2nnc(S(C)(=O)=O)o2)cc1. The third-order valence-electron chi connectivity index (χ3n) is 3.67. The molecule has 0 unspecified atom stereocenters. The Balaban J connectivity index is 1.59. The molecule has 0 aliphatic carbocycles. The molecule has 166 valence electrons. The van der Waals surface area contributed by atoms with Gasteiger partial charge in [-0.1, -0.05) is 18.4 Å². The fraction of sp³-hybridized carbons (Fsp3) is 0.526. The number of carbonyl (C=O) groups is 1. The number of ether oxygens (including phenoxy) is 4. The van der Waals surface area contributed by atoms with Gasteiger partial charge in [-0.25, -0.2) is 13.2 Å². The molecule has 0 atom stereocenters. The van der Waals surface area contributed by atoms with E-state index in [9.17, 15) is 13.2 Å². The quantitative estimate of drug-likeness (QED) is 0.316. The number of esters is 1. The number of unbranched alkanes of at least 4 members (excludes halogenated alkanes) is 1. The Morgan fingerprint density at radius 2 is 1.70 bits per heavy atom. The maximum Gasteiger partial charge on any atom is 0.335 e. The van der Waals surface area contributed by atoms with Crippen LogP contribution in [0.1, 0.15) is 19.8 Å². The van der Waals surface area contributed by atoms with Gasteiger partial charge in [-0.3, -0.25) is 0 Å². The van der Waals surface area contributed by atoms with Crippen LogP contribution in [-0.4, -0.2) is 70.5 Å². The Kier molecular flexibility index (Phi) is 9.71. The van der Waals surface area contributed by atoms with Crippen LogP contribution in [0.2, 0.25) is 0 Å². The van der Waals surface area contributed by atoms with Crippen molar-refractivity contribution >= 4 is 15.8 Å². The number of aromatic nitrogens is 2. The highest BCUT2D eigenvalue weighted by molar-refractivity contribution is 7.90. The van der Waals surface area contributed by atoms with Gasteiger partial charge in [-0.15, -0.1) is 5.10 Å². The van der Waals surface area contributed by atoms with Crippen molar-refractivity contribution in [3.8, 4) is 17.2 Å². The zero-order chi connectivity index (χ0) is 21.8. The van der Waals surface area contributed by atoms with Gasteiger partial charge in [0.1, 0.15) is 19.0 Å². The van der Waals surface area contributed by atoms with E-state index >= 15 is 0 Å². The van der Waals surface area contributed by atoms with E-state index < -0.39 is 15.1 Å². The maximum absolute atomic E-state index is 11.4. The van der Waals surface area contributed by atoms with Crippen LogP contribution in [0.5, 0.6) is 5.75 Å². The normalized spacial score (nSPS) is 11.4. The van der Waals surface area contributed by atoms with Crippen molar-refractivity contribution in [1.82, 2.24) is 10.2 Å². The van der Waals surface area contributed by atoms with Crippen LogP contribution < -0.4 is 4.74 Å². The number of sulfone groups is 1. The van der Waals surface area contributed by atoms with E-state index in [1.807, 2.05) is 6.92 Å². The van der Waals surface area contributed by atoms with Crippen molar-refractivity contribution in [3.05, 3.63) is 24.3 Å². The first-order valence-electron chi connectivity index (χ1n) is 9.48. The summed E-state index contributed by atoms with van der Waals surface area (Å²) in [6.45, 7) is 3.67. The van der Waals surface area contributed by atoms with Gasteiger partial charge in [0.2, 0.25) is 15.7 Å². The maximum atomic E-state index is 11.4. The van der Waals surface area contributed by atoms with E-state index in [0.29, 0.717) is 37.7 Å². The Morgan fingerprint density at radius 1 is 1.00 bits per heavy atom. The highest BCUT2D eigenvalue weighted by Gasteiger charge is 2.17. The zero-order valence-electron chi connectivity index (χ0n) is 17.0. The summed E-state index contributed by atoms with van der Waals surface area (Å²) in [5.41, 5.74) is 0.575. The Bertz CT molecular complexity index is 880. The van der Waals surface area contributed by atoms with Crippen LogP contribution >= 0.6 is 0 Å². The minimum Gasteiger partial charge on any atom is -0.491 e. The lowest BCUT2D eigenvalue weighted by Gasteiger charge is -2.08. The molecule has 0 N–H and O–H groups in total. The summed E-state index contributed by atoms with van der Waals surface area (Å²) < 4.78 is 49.0. The summed E-state index contributed by atoms with van der Waals surface area (Å²) in [5.74, 6) is 0.346. The molecule has 0 aliphatic rings. The van der Waals surface area contributed by atoms with Crippen LogP contribution in [0, 0.1) is 0 Å². The summed E-state index contributed by atoms with van der Waals surface area (Å²) >= 11 is 0. The molecule has 1 heterocycles. The van der Waals surface area contributed by atoms with E-state index in [-0.39, 0.29) is 25.1 Å². The minimum atomic E-state index is -3.54. The predicted molar refractivity (Wildman–Crippen MR) is 106 cm³/mol. The molecule has 0 spiro atoms. The lowest BCUT2D eigenvalue weighted by Crippen LogP contribution is -2.16. The molecule has 10 nitrogen and oxygen atoms in total. The van der Waals surface area contributed by atoms with Gasteiger partial charge in [0.05, 0.1) is 26.4 Å². The van der Waals surface area contributed by atoms with Crippen molar-refractivity contribution in [2.24, 2.45) is 0 Å². The molecule has 0 fully saturated rings. The highest BCUT2D eigenvalue weighted by Crippen LogP contribution is 2.22. The second-order valence-electron chi connectivity index (χ2n) is 6.26. The predicted octanol–water partition coefficient (Wildman–Crippen LogP) is 1.90. The van der Waals surface area contributed by atoms with Crippen molar-refractivity contribution in [3.63, 3.8) is 0 Å². The summed E-state index contributed by atoms with van der Waals surface area (Å²) in [6.07, 6.45) is 2.82. The lowest BCUT2D eigenvalue weighted by molar-refractivity contribution is -0.149. The molecule has 0 radical (unpaired) electrons. The first-order valence-corrected chi connectivity index (χ1v) is 11.4. The van der Waals surface area contributed by atoms with Crippen LogP contribution in [0.15, 0.2) is 33.9 Å². The smallest absolute Gasteiger partial charge is 0.335 e. The van der Waals surface area contributed by atoms with E-state index in [2.05, 4.69) is 10.2 Å². The molecule has 0 aliphatic heterocycles. The van der Waals surface area contributed by atoms with Crippen LogP contribution in [0.25, 0.3) is 11.5 Å². The van der Waals surface area contributed by atoms with Gasteiger partial charge in [0, 0.05) is 11.8 Å². The molecular formula is C19H26N2O8S. The molecule has 30 heavy (non-hydrogen) atoms. The molecule has 0 saturated carbocycles. The van der Waals surface area contributed by atoms with Gasteiger partial charge in [0.15, 0.2) is 0 Å². The highest BCUT2D eigenvalue weighted by atomic mass is 32.2. The van der Waals surface area contributed by atoms with Crippen LogP contribution in [0.4, 0.5) is 0 Å². The van der Waals surface area contributed by atoms with Crippen molar-refractivity contribution in [2.45, 2.75) is 25.0 Å². The minimum absolute atomic E-state index is 0.0817. The fourth-order valence-electron chi connectivity index (χ4n) is 2.14. The largest absolute Gasteiger partial charge is 0.491 e. The van der Waals surface area contributed by atoms with Crippen molar-refractivity contribution < 1.29 is 36.6 Å². The molecule has 2 rings (SSSR count). The Hall–Kier alpha value is -2.50. The first kappa shape index (κ1) is 23.8. The van der Waals surface area contributed by atoms with E-state index in [1.165, 1.54) is 0 Å². The van der Waals surface area contributed by atoms with Gasteiger partial charge < -0.3 is 23.4 Å². The van der Waals surface area contributed by atoms with Crippen LogP contribution in [-0.2, 0) is 28.8 Å². The monoisotopic (exact) mass is 442 g/mol. The standard InChI is InChI=1S/C19H26N2O8S/c1-3-4-9-28-17(22)14-26-11-10-25-12-13-27-16-7-5-15(6-8-16)18-20-21-19(29-18)30(2,23)24/h5-8H,3-4,9-14H2,1-2H3. The molecule has 0 bridgehead atoms. The Morgan fingerprint density at radius 3 is 2.37 bits per heavy atom. The Labute approximate surface area is 175 Å². The molecule has 0 amide bonds. The summed E-state index contributed by atoms with van der Waals surface area (Å²) in [4.78, 5) is 11.3.